The van der Waals surface area contributed by atoms with Crippen LogP contribution in [0.15, 0.2) is 72.8 Å². The lowest BCUT2D eigenvalue weighted by molar-refractivity contribution is 0.0923. The van der Waals surface area contributed by atoms with Gasteiger partial charge in [-0.2, -0.15) is 0 Å². The molecule has 0 aromatic heterocycles. The molecule has 0 saturated carbocycles. The quantitative estimate of drug-likeness (QED) is 0.651. The molecule has 6 heteroatoms. The van der Waals surface area contributed by atoms with E-state index in [1.165, 1.54) is 0 Å². The van der Waals surface area contributed by atoms with Crippen molar-refractivity contribution in [1.82, 2.24) is 5.32 Å². The number of carbonyl (C=O) groups is 3. The molecule has 0 unspecified atom stereocenters. The molecule has 3 aromatic carbocycles. The van der Waals surface area contributed by atoms with E-state index in [1.807, 2.05) is 24.3 Å². The fraction of sp³-hybridized carbons (Fsp3) is 0.0870. The van der Waals surface area contributed by atoms with Crippen molar-refractivity contribution in [2.75, 3.05) is 11.4 Å². The minimum atomic E-state index is -0.356. The Bertz CT molecular complexity index is 1060. The van der Waals surface area contributed by atoms with Crippen molar-refractivity contribution < 1.29 is 14.4 Å². The van der Waals surface area contributed by atoms with Gasteiger partial charge in [-0.15, -0.1) is 0 Å². The van der Waals surface area contributed by atoms with Crippen molar-refractivity contribution in [3.63, 3.8) is 0 Å². The average molecular weight is 405 g/mol. The third-order valence-electron chi connectivity index (χ3n) is 4.79. The predicted molar refractivity (Wildman–Crippen MR) is 112 cm³/mol. The van der Waals surface area contributed by atoms with Crippen LogP contribution in [0.2, 0.25) is 5.02 Å². The summed E-state index contributed by atoms with van der Waals surface area (Å²) >= 11 is 5.87. The van der Waals surface area contributed by atoms with Crippen molar-refractivity contribution in [3.05, 3.63) is 100 Å². The molecule has 3 amide bonds. The predicted octanol–water partition coefficient (Wildman–Crippen LogP) is 4.11. The van der Waals surface area contributed by atoms with E-state index in [4.69, 9.17) is 11.6 Å². The van der Waals surface area contributed by atoms with Crippen LogP contribution in [0.3, 0.4) is 0 Å². The van der Waals surface area contributed by atoms with Gasteiger partial charge in [0.15, 0.2) is 0 Å². The molecule has 29 heavy (non-hydrogen) atoms. The zero-order valence-electron chi connectivity index (χ0n) is 15.4. The van der Waals surface area contributed by atoms with E-state index >= 15 is 0 Å². The molecule has 0 saturated heterocycles. The molecule has 1 aliphatic heterocycles. The van der Waals surface area contributed by atoms with Gasteiger partial charge in [0.1, 0.15) is 0 Å². The Morgan fingerprint density at radius 3 is 2.00 bits per heavy atom. The van der Waals surface area contributed by atoms with Crippen LogP contribution in [0.4, 0.5) is 5.69 Å². The van der Waals surface area contributed by atoms with Gasteiger partial charge in [-0.05, 0) is 60.5 Å². The number of imide groups is 1. The molecule has 3 aromatic rings. The SMILES string of the molecule is O=C(NCCc1ccc(Cl)cc1)c1ccc(N2C(=O)c3ccccc3C2=O)cc1. The number of halogens is 1. The highest BCUT2D eigenvalue weighted by molar-refractivity contribution is 6.34. The summed E-state index contributed by atoms with van der Waals surface area (Å²) in [6, 6.07) is 20.6. The number of rotatable bonds is 5. The number of nitrogens with one attached hydrogen (secondary N) is 1. The summed E-state index contributed by atoms with van der Waals surface area (Å²) in [5.74, 6) is -0.926. The van der Waals surface area contributed by atoms with E-state index in [2.05, 4.69) is 5.32 Å². The Hall–Kier alpha value is -3.44. The zero-order chi connectivity index (χ0) is 20.4. The summed E-state index contributed by atoms with van der Waals surface area (Å²) in [7, 11) is 0. The molecule has 1 heterocycles. The van der Waals surface area contributed by atoms with E-state index in [0.717, 1.165) is 10.5 Å². The monoisotopic (exact) mass is 404 g/mol. The number of hydrogen-bond acceptors (Lipinski definition) is 3. The van der Waals surface area contributed by atoms with Crippen molar-refractivity contribution in [3.8, 4) is 0 Å². The number of hydrogen-bond donors (Lipinski definition) is 1. The average Bonchev–Trinajstić information content (AvgIpc) is 3.00. The minimum Gasteiger partial charge on any atom is -0.352 e. The van der Waals surface area contributed by atoms with Crippen molar-refractivity contribution in [2.45, 2.75) is 6.42 Å². The number of carbonyl (C=O) groups excluding carboxylic acids is 3. The lowest BCUT2D eigenvalue weighted by Gasteiger charge is -2.14. The molecular formula is C23H17ClN2O3. The Morgan fingerprint density at radius 2 is 1.41 bits per heavy atom. The van der Waals surface area contributed by atoms with Crippen LogP contribution in [-0.4, -0.2) is 24.3 Å². The topological polar surface area (TPSA) is 66.5 Å². The van der Waals surface area contributed by atoms with Gasteiger partial charge in [-0.3, -0.25) is 14.4 Å². The molecule has 0 aliphatic carbocycles. The van der Waals surface area contributed by atoms with Gasteiger partial charge >= 0.3 is 0 Å². The number of anilines is 1. The lowest BCUT2D eigenvalue weighted by Crippen LogP contribution is -2.29. The fourth-order valence-corrected chi connectivity index (χ4v) is 3.39. The van der Waals surface area contributed by atoms with Crippen LogP contribution in [0, 0.1) is 0 Å². The standard InChI is InChI=1S/C23H17ClN2O3/c24-17-9-5-15(6-10-17)13-14-25-21(27)16-7-11-18(12-8-16)26-22(28)19-3-1-2-4-20(19)23(26)29/h1-12H,13-14H2,(H,25,27). The number of benzene rings is 3. The molecule has 0 spiro atoms. The second-order valence-electron chi connectivity index (χ2n) is 6.67. The summed E-state index contributed by atoms with van der Waals surface area (Å²) in [5, 5.41) is 3.54. The third kappa shape index (κ3) is 3.77. The van der Waals surface area contributed by atoms with Gasteiger partial charge in [0.2, 0.25) is 0 Å². The van der Waals surface area contributed by atoms with Gasteiger partial charge in [-0.25, -0.2) is 4.90 Å². The van der Waals surface area contributed by atoms with E-state index < -0.39 is 0 Å². The zero-order valence-corrected chi connectivity index (χ0v) is 16.1. The minimum absolute atomic E-state index is 0.215. The molecule has 0 atom stereocenters. The molecule has 5 nitrogen and oxygen atoms in total. The van der Waals surface area contributed by atoms with Crippen LogP contribution >= 0.6 is 11.6 Å². The maximum atomic E-state index is 12.5. The highest BCUT2D eigenvalue weighted by atomic mass is 35.5. The van der Waals surface area contributed by atoms with Crippen molar-refractivity contribution in [1.29, 1.82) is 0 Å². The number of nitrogens with zero attached hydrogens (tertiary/aromatic N) is 1. The Labute approximate surface area is 172 Å². The third-order valence-corrected chi connectivity index (χ3v) is 5.05. The molecule has 0 bridgehead atoms. The number of amides is 3. The summed E-state index contributed by atoms with van der Waals surface area (Å²) in [4.78, 5) is 38.6. The highest BCUT2D eigenvalue weighted by Crippen LogP contribution is 2.28. The molecule has 144 valence electrons. The van der Waals surface area contributed by atoms with Crippen molar-refractivity contribution >= 4 is 35.0 Å². The van der Waals surface area contributed by atoms with Gasteiger partial charge in [0, 0.05) is 17.1 Å². The fourth-order valence-electron chi connectivity index (χ4n) is 3.26. The summed E-state index contributed by atoms with van der Waals surface area (Å²) in [6.45, 7) is 0.487. The molecule has 1 N–H and O–H groups in total. The largest absolute Gasteiger partial charge is 0.352 e. The smallest absolute Gasteiger partial charge is 0.266 e. The van der Waals surface area contributed by atoms with Crippen molar-refractivity contribution in [2.24, 2.45) is 0 Å². The molecule has 0 radical (unpaired) electrons. The second-order valence-corrected chi connectivity index (χ2v) is 7.11. The van der Waals surface area contributed by atoms with Gasteiger partial charge in [0.05, 0.1) is 16.8 Å². The van der Waals surface area contributed by atoms with Crippen LogP contribution in [0.1, 0.15) is 36.6 Å². The number of fused-ring (bicyclic) bond motifs is 1. The van der Waals surface area contributed by atoms with Gasteiger partial charge in [0.25, 0.3) is 17.7 Å². The molecule has 0 fully saturated rings. The van der Waals surface area contributed by atoms with E-state index in [9.17, 15) is 14.4 Å². The van der Waals surface area contributed by atoms with E-state index in [1.54, 1.807) is 48.5 Å². The molecule has 1 aliphatic rings. The van der Waals surface area contributed by atoms with Crippen LogP contribution in [-0.2, 0) is 6.42 Å². The second kappa shape index (κ2) is 7.89. The summed E-state index contributed by atoms with van der Waals surface area (Å²) < 4.78 is 0. The first-order chi connectivity index (χ1) is 14.0. The summed E-state index contributed by atoms with van der Waals surface area (Å²) in [6.07, 6.45) is 0.691. The normalized spacial score (nSPS) is 12.8. The van der Waals surface area contributed by atoms with Crippen LogP contribution < -0.4 is 10.2 Å². The van der Waals surface area contributed by atoms with Gasteiger partial charge < -0.3 is 5.32 Å². The lowest BCUT2D eigenvalue weighted by atomic mass is 10.1. The van der Waals surface area contributed by atoms with Crippen LogP contribution in [0.5, 0.6) is 0 Å². The van der Waals surface area contributed by atoms with Gasteiger partial charge in [-0.1, -0.05) is 35.9 Å². The Balaban J connectivity index is 1.40. The first kappa shape index (κ1) is 18.9. The van der Waals surface area contributed by atoms with Crippen LogP contribution in [0.25, 0.3) is 0 Å². The van der Waals surface area contributed by atoms with E-state index in [-0.39, 0.29) is 17.7 Å². The first-order valence-electron chi connectivity index (χ1n) is 9.15. The highest BCUT2D eigenvalue weighted by Gasteiger charge is 2.36. The van der Waals surface area contributed by atoms with E-state index in [0.29, 0.717) is 40.4 Å². The maximum Gasteiger partial charge on any atom is 0.266 e. The summed E-state index contributed by atoms with van der Waals surface area (Å²) in [5.41, 5.74) is 2.76. The molecular weight excluding hydrogens is 388 g/mol. The maximum absolute atomic E-state index is 12.5. The molecule has 4 rings (SSSR count). The Kier molecular flexibility index (Phi) is 5.14. The Morgan fingerprint density at radius 1 is 0.828 bits per heavy atom. The first-order valence-corrected chi connectivity index (χ1v) is 9.53.